The second-order valence-corrected chi connectivity index (χ2v) is 6.21. The molecule has 2 amide bonds. The molecular formula is C21H22N2O4. The van der Waals surface area contributed by atoms with E-state index < -0.39 is 12.0 Å². The Kier molecular flexibility index (Phi) is 5.45. The molecule has 2 aromatic rings. The van der Waals surface area contributed by atoms with E-state index in [2.05, 4.69) is 10.6 Å². The normalized spacial score (nSPS) is 16.4. The fourth-order valence-electron chi connectivity index (χ4n) is 3.02. The molecule has 1 atom stereocenters. The highest BCUT2D eigenvalue weighted by atomic mass is 16.5. The number of allylic oxidation sites excluding steroid dienone is 1. The lowest BCUT2D eigenvalue weighted by Gasteiger charge is -2.28. The maximum absolute atomic E-state index is 12.3. The number of hydrogen-bond donors (Lipinski definition) is 2. The van der Waals surface area contributed by atoms with Crippen LogP contribution in [0.1, 0.15) is 30.5 Å². The highest BCUT2D eigenvalue weighted by molar-refractivity contribution is 5.95. The zero-order chi connectivity index (χ0) is 19.4. The van der Waals surface area contributed by atoms with Crippen molar-refractivity contribution in [2.24, 2.45) is 0 Å². The molecule has 27 heavy (non-hydrogen) atoms. The summed E-state index contributed by atoms with van der Waals surface area (Å²) in [5.74, 6) is 0.987. The Morgan fingerprint density at radius 2 is 1.81 bits per heavy atom. The number of aryl methyl sites for hydroxylation is 1. The van der Waals surface area contributed by atoms with Crippen LogP contribution in [0.3, 0.4) is 0 Å². The first kappa shape index (κ1) is 18.5. The van der Waals surface area contributed by atoms with Crippen molar-refractivity contribution in [2.45, 2.75) is 26.3 Å². The molecule has 140 valence electrons. The van der Waals surface area contributed by atoms with Gasteiger partial charge in [0.25, 0.3) is 0 Å². The Labute approximate surface area is 158 Å². The minimum absolute atomic E-state index is 0.343. The summed E-state index contributed by atoms with van der Waals surface area (Å²) in [7, 11) is 1.33. The van der Waals surface area contributed by atoms with Gasteiger partial charge < -0.3 is 20.1 Å². The van der Waals surface area contributed by atoms with Crippen LogP contribution in [0.15, 0.2) is 59.8 Å². The number of nitrogens with one attached hydrogen (secondary N) is 2. The third kappa shape index (κ3) is 3.95. The van der Waals surface area contributed by atoms with E-state index in [1.807, 2.05) is 62.4 Å². The molecule has 0 saturated carbocycles. The molecule has 1 heterocycles. The largest absolute Gasteiger partial charge is 0.466 e. The summed E-state index contributed by atoms with van der Waals surface area (Å²) < 4.78 is 10.8. The summed E-state index contributed by atoms with van der Waals surface area (Å²) in [6.45, 7) is 3.86. The van der Waals surface area contributed by atoms with E-state index in [4.69, 9.17) is 9.47 Å². The molecule has 1 aliphatic rings. The number of benzene rings is 2. The first-order valence-electron chi connectivity index (χ1n) is 8.75. The van der Waals surface area contributed by atoms with Crippen LogP contribution < -0.4 is 15.4 Å². The molecule has 0 aliphatic carbocycles. The van der Waals surface area contributed by atoms with Crippen molar-refractivity contribution in [1.82, 2.24) is 10.6 Å². The van der Waals surface area contributed by atoms with Crippen molar-refractivity contribution >= 4 is 12.0 Å². The van der Waals surface area contributed by atoms with Crippen LogP contribution in [-0.4, -0.2) is 19.1 Å². The first-order chi connectivity index (χ1) is 13.0. The number of ether oxygens (including phenoxy) is 2. The van der Waals surface area contributed by atoms with Gasteiger partial charge in [0.05, 0.1) is 18.7 Å². The number of esters is 1. The Morgan fingerprint density at radius 1 is 1.11 bits per heavy atom. The van der Waals surface area contributed by atoms with Crippen molar-refractivity contribution < 1.29 is 19.1 Å². The van der Waals surface area contributed by atoms with Crippen molar-refractivity contribution in [3.63, 3.8) is 0 Å². The van der Waals surface area contributed by atoms with Crippen LogP contribution in [0.5, 0.6) is 11.5 Å². The van der Waals surface area contributed by atoms with Crippen molar-refractivity contribution in [1.29, 1.82) is 0 Å². The number of para-hydroxylation sites is 1. The number of amides is 2. The Hall–Kier alpha value is -3.28. The first-order valence-corrected chi connectivity index (χ1v) is 8.75. The highest BCUT2D eigenvalue weighted by Gasteiger charge is 2.32. The summed E-state index contributed by atoms with van der Waals surface area (Å²) in [5, 5.41) is 5.48. The summed E-state index contributed by atoms with van der Waals surface area (Å²) in [4.78, 5) is 24.3. The Morgan fingerprint density at radius 3 is 2.44 bits per heavy atom. The lowest BCUT2D eigenvalue weighted by Crippen LogP contribution is -2.45. The second kappa shape index (κ2) is 7.95. The summed E-state index contributed by atoms with van der Waals surface area (Å²) in [6, 6.07) is 14.1. The van der Waals surface area contributed by atoms with E-state index in [9.17, 15) is 9.59 Å². The van der Waals surface area contributed by atoms with Crippen LogP contribution in [-0.2, 0) is 9.53 Å². The van der Waals surface area contributed by atoms with Crippen LogP contribution in [0.25, 0.3) is 0 Å². The predicted octanol–water partition coefficient (Wildman–Crippen LogP) is 3.98. The number of carbonyl (C=O) groups is 2. The third-order valence-corrected chi connectivity index (χ3v) is 4.45. The number of rotatable bonds is 5. The smallest absolute Gasteiger partial charge is 0.337 e. The van der Waals surface area contributed by atoms with E-state index >= 15 is 0 Å². The van der Waals surface area contributed by atoms with E-state index in [0.717, 1.165) is 16.9 Å². The molecule has 0 radical (unpaired) electrons. The van der Waals surface area contributed by atoms with E-state index in [1.54, 1.807) is 0 Å². The highest BCUT2D eigenvalue weighted by Crippen LogP contribution is 2.31. The van der Waals surface area contributed by atoms with Gasteiger partial charge in [0.15, 0.2) is 0 Å². The van der Waals surface area contributed by atoms with Crippen LogP contribution in [0, 0.1) is 6.92 Å². The molecule has 0 saturated heterocycles. The standard InChI is InChI=1S/C21H22N2O4/c1-4-16-18(20(24)26-3)19(23-21(25)22-16)14-9-11-15(12-10-14)27-17-8-6-5-7-13(17)2/h5-12,19H,4H2,1-3H3,(H2,22,23,25). The zero-order valence-corrected chi connectivity index (χ0v) is 15.5. The molecule has 0 fully saturated rings. The van der Waals surface area contributed by atoms with Gasteiger partial charge in [-0.3, -0.25) is 0 Å². The average molecular weight is 366 g/mol. The van der Waals surface area contributed by atoms with E-state index in [1.165, 1.54) is 7.11 Å². The average Bonchev–Trinajstić information content (AvgIpc) is 2.69. The fraction of sp³-hybridized carbons (Fsp3) is 0.238. The van der Waals surface area contributed by atoms with Gasteiger partial charge in [-0.2, -0.15) is 0 Å². The number of urea groups is 1. The minimum Gasteiger partial charge on any atom is -0.466 e. The van der Waals surface area contributed by atoms with Gasteiger partial charge in [-0.1, -0.05) is 37.3 Å². The fourth-order valence-corrected chi connectivity index (χ4v) is 3.02. The van der Waals surface area contributed by atoms with Crippen LogP contribution >= 0.6 is 0 Å². The van der Waals surface area contributed by atoms with Gasteiger partial charge in [0, 0.05) is 5.70 Å². The molecular weight excluding hydrogens is 344 g/mol. The van der Waals surface area contributed by atoms with Gasteiger partial charge >= 0.3 is 12.0 Å². The molecule has 6 heteroatoms. The van der Waals surface area contributed by atoms with Gasteiger partial charge in [-0.25, -0.2) is 9.59 Å². The number of methoxy groups -OCH3 is 1. The second-order valence-electron chi connectivity index (χ2n) is 6.21. The number of hydrogen-bond acceptors (Lipinski definition) is 4. The molecule has 1 unspecified atom stereocenters. The maximum Gasteiger partial charge on any atom is 0.337 e. The maximum atomic E-state index is 12.3. The predicted molar refractivity (Wildman–Crippen MR) is 101 cm³/mol. The SMILES string of the molecule is CCC1=C(C(=O)OC)C(c2ccc(Oc3ccccc3C)cc2)NC(=O)N1. The minimum atomic E-state index is -0.575. The Balaban J connectivity index is 1.89. The topological polar surface area (TPSA) is 76.7 Å². The summed E-state index contributed by atoms with van der Waals surface area (Å²) in [6.07, 6.45) is 0.517. The molecule has 0 aromatic heterocycles. The quantitative estimate of drug-likeness (QED) is 0.785. The van der Waals surface area contributed by atoms with Crippen molar-refractivity contribution in [3.05, 3.63) is 70.9 Å². The molecule has 0 spiro atoms. The van der Waals surface area contributed by atoms with Gasteiger partial charge in [-0.15, -0.1) is 0 Å². The lowest BCUT2D eigenvalue weighted by atomic mass is 9.94. The van der Waals surface area contributed by atoms with Crippen molar-refractivity contribution in [2.75, 3.05) is 7.11 Å². The Bertz CT molecular complexity index is 887. The van der Waals surface area contributed by atoms with E-state index in [0.29, 0.717) is 23.4 Å². The van der Waals surface area contributed by atoms with Gasteiger partial charge in [-0.05, 0) is 42.7 Å². The van der Waals surface area contributed by atoms with Crippen molar-refractivity contribution in [3.8, 4) is 11.5 Å². The molecule has 3 rings (SSSR count). The summed E-state index contributed by atoms with van der Waals surface area (Å²) >= 11 is 0. The third-order valence-electron chi connectivity index (χ3n) is 4.45. The lowest BCUT2D eigenvalue weighted by molar-refractivity contribution is -0.136. The van der Waals surface area contributed by atoms with Crippen LogP contribution in [0.2, 0.25) is 0 Å². The van der Waals surface area contributed by atoms with E-state index in [-0.39, 0.29) is 6.03 Å². The van der Waals surface area contributed by atoms with Gasteiger partial charge in [0.2, 0.25) is 0 Å². The molecule has 0 bridgehead atoms. The zero-order valence-electron chi connectivity index (χ0n) is 15.5. The summed E-state index contributed by atoms with van der Waals surface area (Å²) in [5.41, 5.74) is 2.78. The molecule has 1 aliphatic heterocycles. The molecule has 2 aromatic carbocycles. The number of carbonyl (C=O) groups excluding carboxylic acids is 2. The molecule has 2 N–H and O–H groups in total. The monoisotopic (exact) mass is 366 g/mol. The molecule has 6 nitrogen and oxygen atoms in total. The van der Waals surface area contributed by atoms with Crippen LogP contribution in [0.4, 0.5) is 4.79 Å². The van der Waals surface area contributed by atoms with Gasteiger partial charge in [0.1, 0.15) is 11.5 Å².